The van der Waals surface area contributed by atoms with E-state index < -0.39 is 4.92 Å². The van der Waals surface area contributed by atoms with Crippen LogP contribution < -0.4 is 5.32 Å². The summed E-state index contributed by atoms with van der Waals surface area (Å²) >= 11 is 0. The average molecular weight is 398 g/mol. The molecule has 0 fully saturated rings. The van der Waals surface area contributed by atoms with E-state index in [4.69, 9.17) is 9.97 Å². The molecule has 1 aromatic heterocycles. The predicted molar refractivity (Wildman–Crippen MR) is 120 cm³/mol. The molecule has 0 unspecified atom stereocenters. The fourth-order valence-electron chi connectivity index (χ4n) is 3.31. The van der Waals surface area contributed by atoms with Gasteiger partial charge in [-0.3, -0.25) is 10.1 Å². The number of rotatable bonds is 7. The van der Waals surface area contributed by atoms with Crippen LogP contribution in [0, 0.1) is 10.1 Å². The van der Waals surface area contributed by atoms with Crippen LogP contribution in [-0.2, 0) is 6.42 Å². The highest BCUT2D eigenvalue weighted by Gasteiger charge is 2.11. The van der Waals surface area contributed by atoms with Gasteiger partial charge in [-0.2, -0.15) is 0 Å². The Morgan fingerprint density at radius 3 is 2.37 bits per heavy atom. The maximum Gasteiger partial charge on any atom is 0.269 e. The lowest BCUT2D eigenvalue weighted by atomic mass is 10.1. The molecule has 0 spiro atoms. The smallest absolute Gasteiger partial charge is 0.269 e. The van der Waals surface area contributed by atoms with Gasteiger partial charge < -0.3 is 5.32 Å². The van der Waals surface area contributed by atoms with E-state index in [1.165, 1.54) is 30.5 Å². The number of nitrogens with one attached hydrogen (secondary N) is 1. The topological polar surface area (TPSA) is 81.0 Å². The molecule has 4 rings (SSSR count). The number of nitro groups is 1. The first-order valence-corrected chi connectivity index (χ1v) is 10.0. The number of nitrogens with zero attached hydrogens (tertiary/aromatic N) is 3. The van der Waals surface area contributed by atoms with Crippen LogP contribution in [0.25, 0.3) is 22.3 Å². The van der Waals surface area contributed by atoms with Crippen molar-refractivity contribution in [2.75, 3.05) is 5.32 Å². The predicted octanol–water partition coefficient (Wildman–Crippen LogP) is 6.29. The van der Waals surface area contributed by atoms with Crippen molar-refractivity contribution in [1.82, 2.24) is 9.97 Å². The molecular formula is C24H22N4O2. The number of anilines is 2. The summed E-state index contributed by atoms with van der Waals surface area (Å²) in [6, 6.07) is 22.5. The summed E-state index contributed by atoms with van der Waals surface area (Å²) in [6.07, 6.45) is 3.42. The molecule has 6 heteroatoms. The molecule has 0 bridgehead atoms. The van der Waals surface area contributed by atoms with Gasteiger partial charge in [0.15, 0.2) is 5.82 Å². The van der Waals surface area contributed by atoms with Crippen LogP contribution in [0.1, 0.15) is 25.3 Å². The first kappa shape index (κ1) is 19.5. The SMILES string of the molecule is CCCCc1ccc(-c2nc(Nc3ccc([N+](=O)[O-])cc3)c3ccccc3n2)cc1. The normalized spacial score (nSPS) is 10.8. The van der Waals surface area contributed by atoms with E-state index in [9.17, 15) is 10.1 Å². The molecule has 6 nitrogen and oxygen atoms in total. The largest absolute Gasteiger partial charge is 0.340 e. The Morgan fingerprint density at radius 1 is 0.933 bits per heavy atom. The summed E-state index contributed by atoms with van der Waals surface area (Å²) < 4.78 is 0. The number of fused-ring (bicyclic) bond motifs is 1. The third kappa shape index (κ3) is 4.27. The molecule has 3 aromatic carbocycles. The van der Waals surface area contributed by atoms with Crippen molar-refractivity contribution in [2.45, 2.75) is 26.2 Å². The average Bonchev–Trinajstić information content (AvgIpc) is 2.78. The number of aryl methyl sites for hydroxylation is 1. The molecule has 0 amide bonds. The number of non-ortho nitro benzene ring substituents is 1. The summed E-state index contributed by atoms with van der Waals surface area (Å²) in [7, 11) is 0. The molecule has 30 heavy (non-hydrogen) atoms. The minimum atomic E-state index is -0.411. The van der Waals surface area contributed by atoms with Crippen LogP contribution in [0.2, 0.25) is 0 Å². The van der Waals surface area contributed by atoms with Crippen molar-refractivity contribution in [3.8, 4) is 11.4 Å². The van der Waals surface area contributed by atoms with Crippen LogP contribution in [0.3, 0.4) is 0 Å². The number of hydrogen-bond donors (Lipinski definition) is 1. The Kier molecular flexibility index (Phi) is 5.66. The van der Waals surface area contributed by atoms with Gasteiger partial charge in [-0.25, -0.2) is 9.97 Å². The lowest BCUT2D eigenvalue weighted by Crippen LogP contribution is -1.99. The maximum atomic E-state index is 10.9. The van der Waals surface area contributed by atoms with Gasteiger partial charge in [0.2, 0.25) is 0 Å². The van der Waals surface area contributed by atoms with Gasteiger partial charge in [-0.05, 0) is 42.7 Å². The van der Waals surface area contributed by atoms with Gasteiger partial charge in [0, 0.05) is 28.8 Å². The fourth-order valence-corrected chi connectivity index (χ4v) is 3.31. The summed E-state index contributed by atoms with van der Waals surface area (Å²) in [5.41, 5.74) is 3.88. The molecule has 0 aliphatic heterocycles. The van der Waals surface area contributed by atoms with Crippen molar-refractivity contribution in [1.29, 1.82) is 0 Å². The van der Waals surface area contributed by atoms with Crippen LogP contribution in [0.4, 0.5) is 17.2 Å². The Morgan fingerprint density at radius 2 is 1.67 bits per heavy atom. The molecule has 0 aliphatic carbocycles. The summed E-state index contributed by atoms with van der Waals surface area (Å²) in [5, 5.41) is 15.1. The van der Waals surface area contributed by atoms with Crippen molar-refractivity contribution in [3.05, 3.63) is 88.5 Å². The van der Waals surface area contributed by atoms with Gasteiger partial charge in [0.05, 0.1) is 10.4 Å². The zero-order valence-electron chi connectivity index (χ0n) is 16.7. The molecule has 0 aliphatic rings. The second kappa shape index (κ2) is 8.69. The van der Waals surface area contributed by atoms with Gasteiger partial charge in [0.1, 0.15) is 5.82 Å². The van der Waals surface area contributed by atoms with E-state index in [2.05, 4.69) is 36.5 Å². The molecular weight excluding hydrogens is 376 g/mol. The van der Waals surface area contributed by atoms with Crippen molar-refractivity contribution >= 4 is 28.1 Å². The highest BCUT2D eigenvalue weighted by atomic mass is 16.6. The number of para-hydroxylation sites is 1. The van der Waals surface area contributed by atoms with Crippen molar-refractivity contribution in [3.63, 3.8) is 0 Å². The highest BCUT2D eigenvalue weighted by molar-refractivity contribution is 5.92. The number of nitro benzene ring substituents is 1. The van der Waals surface area contributed by atoms with E-state index in [0.717, 1.165) is 28.6 Å². The van der Waals surface area contributed by atoms with E-state index in [0.29, 0.717) is 11.6 Å². The van der Waals surface area contributed by atoms with E-state index in [-0.39, 0.29) is 5.69 Å². The van der Waals surface area contributed by atoms with Crippen LogP contribution in [0.15, 0.2) is 72.8 Å². The van der Waals surface area contributed by atoms with Crippen LogP contribution >= 0.6 is 0 Å². The molecule has 0 saturated heterocycles. The third-order valence-electron chi connectivity index (χ3n) is 4.98. The van der Waals surface area contributed by atoms with E-state index >= 15 is 0 Å². The number of benzene rings is 3. The van der Waals surface area contributed by atoms with Crippen LogP contribution in [-0.4, -0.2) is 14.9 Å². The molecule has 150 valence electrons. The highest BCUT2D eigenvalue weighted by Crippen LogP contribution is 2.28. The van der Waals surface area contributed by atoms with Crippen molar-refractivity contribution < 1.29 is 4.92 Å². The van der Waals surface area contributed by atoms with E-state index in [1.807, 2.05) is 24.3 Å². The molecule has 0 radical (unpaired) electrons. The van der Waals surface area contributed by atoms with Crippen LogP contribution in [0.5, 0.6) is 0 Å². The van der Waals surface area contributed by atoms with Gasteiger partial charge >= 0.3 is 0 Å². The van der Waals surface area contributed by atoms with Gasteiger partial charge in [-0.15, -0.1) is 0 Å². The molecule has 4 aromatic rings. The Hall–Kier alpha value is -3.80. The molecule has 1 heterocycles. The quantitative estimate of drug-likeness (QED) is 0.292. The molecule has 1 N–H and O–H groups in total. The fraction of sp³-hybridized carbons (Fsp3) is 0.167. The summed E-state index contributed by atoms with van der Waals surface area (Å²) in [4.78, 5) is 20.0. The Labute approximate surface area is 174 Å². The minimum absolute atomic E-state index is 0.0527. The molecule has 0 atom stereocenters. The maximum absolute atomic E-state index is 10.9. The van der Waals surface area contributed by atoms with Crippen molar-refractivity contribution in [2.24, 2.45) is 0 Å². The monoisotopic (exact) mass is 398 g/mol. The first-order valence-electron chi connectivity index (χ1n) is 10.0. The summed E-state index contributed by atoms with van der Waals surface area (Å²) in [5.74, 6) is 1.31. The van der Waals surface area contributed by atoms with E-state index in [1.54, 1.807) is 12.1 Å². The third-order valence-corrected chi connectivity index (χ3v) is 4.98. The second-order valence-electron chi connectivity index (χ2n) is 7.14. The Bertz CT molecular complexity index is 1170. The first-order chi connectivity index (χ1) is 14.6. The number of aromatic nitrogens is 2. The number of hydrogen-bond acceptors (Lipinski definition) is 5. The minimum Gasteiger partial charge on any atom is -0.340 e. The zero-order chi connectivity index (χ0) is 20.9. The zero-order valence-corrected chi connectivity index (χ0v) is 16.7. The molecule has 0 saturated carbocycles. The lowest BCUT2D eigenvalue weighted by molar-refractivity contribution is -0.384. The number of unbranched alkanes of at least 4 members (excludes halogenated alkanes) is 1. The van der Waals surface area contributed by atoms with Gasteiger partial charge in [0.25, 0.3) is 5.69 Å². The standard InChI is InChI=1S/C24H22N4O2/c1-2-3-6-17-9-11-18(12-10-17)23-26-22-8-5-4-7-21(22)24(27-23)25-19-13-15-20(16-14-19)28(29)30/h4-5,7-16H,2-3,6H2,1H3,(H,25,26,27). The Balaban J connectivity index is 1.69. The lowest BCUT2D eigenvalue weighted by Gasteiger charge is -2.11. The second-order valence-corrected chi connectivity index (χ2v) is 7.14. The summed E-state index contributed by atoms with van der Waals surface area (Å²) in [6.45, 7) is 2.19. The van der Waals surface area contributed by atoms with Gasteiger partial charge in [-0.1, -0.05) is 49.7 Å².